The Morgan fingerprint density at radius 3 is 2.62 bits per heavy atom. The monoisotopic (exact) mass is 373 g/mol. The van der Waals surface area contributed by atoms with E-state index < -0.39 is 9.84 Å². The van der Waals surface area contributed by atoms with E-state index in [9.17, 15) is 8.42 Å². The molecule has 1 heterocycles. The molecule has 5 heteroatoms. The smallest absolute Gasteiger partial charge is 0.148 e. The first-order valence-corrected chi connectivity index (χ1v) is 11.1. The van der Waals surface area contributed by atoms with Crippen LogP contribution in [0.25, 0.3) is 0 Å². The Morgan fingerprint density at radius 2 is 1.88 bits per heavy atom. The van der Waals surface area contributed by atoms with E-state index in [0.29, 0.717) is 5.92 Å². The first kappa shape index (κ1) is 18.9. The highest BCUT2D eigenvalue weighted by Gasteiger charge is 2.19. The second-order valence-corrected chi connectivity index (χ2v) is 9.54. The minimum atomic E-state index is -2.95. The third-order valence-electron chi connectivity index (χ3n) is 4.82. The predicted octanol–water partition coefficient (Wildman–Crippen LogP) is 3.18. The molecule has 2 atom stereocenters. The van der Waals surface area contributed by atoms with Crippen molar-refractivity contribution in [2.45, 2.75) is 25.8 Å². The van der Waals surface area contributed by atoms with Crippen LogP contribution in [0.5, 0.6) is 5.75 Å². The molecule has 2 aromatic rings. The van der Waals surface area contributed by atoms with Crippen LogP contribution in [0.15, 0.2) is 48.5 Å². The topological polar surface area (TPSA) is 55.4 Å². The number of para-hydroxylation sites is 1. The van der Waals surface area contributed by atoms with Gasteiger partial charge in [0.2, 0.25) is 0 Å². The van der Waals surface area contributed by atoms with E-state index in [4.69, 9.17) is 4.74 Å². The average molecular weight is 374 g/mol. The average Bonchev–Trinajstić information content (AvgIpc) is 2.61. The first-order valence-electron chi connectivity index (χ1n) is 9.09. The maximum Gasteiger partial charge on any atom is 0.148 e. The van der Waals surface area contributed by atoms with Crippen molar-refractivity contribution in [3.63, 3.8) is 0 Å². The zero-order valence-corrected chi connectivity index (χ0v) is 16.3. The minimum absolute atomic E-state index is 0.0199. The molecule has 1 aliphatic heterocycles. The number of benzene rings is 2. The molecule has 4 nitrogen and oxygen atoms in total. The van der Waals surface area contributed by atoms with E-state index in [1.807, 2.05) is 31.2 Å². The minimum Gasteiger partial charge on any atom is -0.493 e. The molecule has 26 heavy (non-hydrogen) atoms. The summed E-state index contributed by atoms with van der Waals surface area (Å²) in [5.41, 5.74) is 3.56. The molecular weight excluding hydrogens is 346 g/mol. The lowest BCUT2D eigenvalue weighted by Crippen LogP contribution is -2.31. The maximum atomic E-state index is 11.4. The normalized spacial score (nSPS) is 18.0. The highest BCUT2D eigenvalue weighted by Crippen LogP contribution is 2.26. The lowest BCUT2D eigenvalue weighted by Gasteiger charge is -2.25. The largest absolute Gasteiger partial charge is 0.493 e. The number of ether oxygens (including phenoxy) is 1. The van der Waals surface area contributed by atoms with Crippen LogP contribution in [-0.4, -0.2) is 33.6 Å². The van der Waals surface area contributed by atoms with Crippen molar-refractivity contribution in [2.24, 2.45) is 5.92 Å². The molecule has 3 rings (SSSR count). The van der Waals surface area contributed by atoms with Gasteiger partial charge in [0.25, 0.3) is 0 Å². The molecule has 0 aliphatic carbocycles. The molecule has 2 aromatic carbocycles. The molecule has 1 aliphatic rings. The first-order chi connectivity index (χ1) is 12.4. The van der Waals surface area contributed by atoms with E-state index >= 15 is 0 Å². The molecule has 0 saturated heterocycles. The lowest BCUT2D eigenvalue weighted by atomic mass is 9.96. The molecule has 0 amide bonds. The fourth-order valence-corrected chi connectivity index (χ4v) is 4.56. The number of rotatable bonds is 7. The lowest BCUT2D eigenvalue weighted by molar-refractivity contribution is 0.218. The van der Waals surface area contributed by atoms with Gasteiger partial charge in [0.05, 0.1) is 12.4 Å². The van der Waals surface area contributed by atoms with Crippen molar-refractivity contribution < 1.29 is 13.2 Å². The Hall–Kier alpha value is -1.85. The van der Waals surface area contributed by atoms with Crippen LogP contribution in [0.1, 0.15) is 29.5 Å². The van der Waals surface area contributed by atoms with Gasteiger partial charge in [-0.3, -0.25) is 0 Å². The van der Waals surface area contributed by atoms with Crippen LogP contribution in [0.2, 0.25) is 0 Å². The number of fused-ring (bicyclic) bond motifs is 1. The second kappa shape index (κ2) is 8.23. The van der Waals surface area contributed by atoms with Crippen LogP contribution in [0, 0.1) is 5.92 Å². The fraction of sp³-hybridized carbons (Fsp3) is 0.429. The van der Waals surface area contributed by atoms with Gasteiger partial charge in [-0.15, -0.1) is 0 Å². The Balaban J connectivity index is 1.47. The molecular formula is C21H27NO3S. The summed E-state index contributed by atoms with van der Waals surface area (Å²) in [6, 6.07) is 16.5. The van der Waals surface area contributed by atoms with Crippen molar-refractivity contribution in [3.8, 4) is 5.75 Å². The quantitative estimate of drug-likeness (QED) is 0.810. The summed E-state index contributed by atoms with van der Waals surface area (Å²) in [5.74, 6) is 1.71. The molecule has 0 spiro atoms. The Kier molecular flexibility index (Phi) is 5.99. The number of nitrogens with one attached hydrogen (secondary N) is 1. The zero-order chi connectivity index (χ0) is 18.6. The van der Waals surface area contributed by atoms with Crippen molar-refractivity contribution >= 4 is 9.84 Å². The van der Waals surface area contributed by atoms with Gasteiger partial charge in [-0.1, -0.05) is 49.4 Å². The maximum absolute atomic E-state index is 11.4. The molecule has 0 saturated carbocycles. The summed E-state index contributed by atoms with van der Waals surface area (Å²) in [7, 11) is -2.95. The SMILES string of the molecule is C[C@@H](CS(C)(=O)=O)c1ccc(CNCC2COc3ccccc3C2)cc1. The van der Waals surface area contributed by atoms with Gasteiger partial charge in [0.15, 0.2) is 0 Å². The van der Waals surface area contributed by atoms with Crippen LogP contribution in [-0.2, 0) is 22.8 Å². The van der Waals surface area contributed by atoms with Gasteiger partial charge in [0.1, 0.15) is 15.6 Å². The van der Waals surface area contributed by atoms with Gasteiger partial charge < -0.3 is 10.1 Å². The van der Waals surface area contributed by atoms with Gasteiger partial charge in [0, 0.05) is 25.3 Å². The van der Waals surface area contributed by atoms with Crippen LogP contribution in [0.3, 0.4) is 0 Å². The third kappa shape index (κ3) is 5.32. The highest BCUT2D eigenvalue weighted by molar-refractivity contribution is 7.90. The summed E-state index contributed by atoms with van der Waals surface area (Å²) < 4.78 is 28.7. The number of hydrogen-bond acceptors (Lipinski definition) is 4. The Labute approximate surface area is 156 Å². The van der Waals surface area contributed by atoms with Crippen LogP contribution < -0.4 is 10.1 Å². The van der Waals surface area contributed by atoms with Gasteiger partial charge in [-0.05, 0) is 35.1 Å². The fourth-order valence-electron chi connectivity index (χ4n) is 3.46. The number of hydrogen-bond donors (Lipinski definition) is 1. The Morgan fingerprint density at radius 1 is 1.15 bits per heavy atom. The predicted molar refractivity (Wildman–Crippen MR) is 105 cm³/mol. The zero-order valence-electron chi connectivity index (χ0n) is 15.4. The van der Waals surface area contributed by atoms with Crippen LogP contribution in [0.4, 0.5) is 0 Å². The van der Waals surface area contributed by atoms with E-state index in [1.54, 1.807) is 0 Å². The van der Waals surface area contributed by atoms with Crippen molar-refractivity contribution in [3.05, 3.63) is 65.2 Å². The van der Waals surface area contributed by atoms with Gasteiger partial charge in [-0.2, -0.15) is 0 Å². The summed E-state index contributed by atoms with van der Waals surface area (Å²) >= 11 is 0. The van der Waals surface area contributed by atoms with E-state index in [0.717, 1.165) is 37.4 Å². The van der Waals surface area contributed by atoms with Gasteiger partial charge in [-0.25, -0.2) is 8.42 Å². The molecule has 0 fully saturated rings. The van der Waals surface area contributed by atoms with E-state index in [-0.39, 0.29) is 11.7 Å². The van der Waals surface area contributed by atoms with Crippen molar-refractivity contribution in [1.82, 2.24) is 5.32 Å². The van der Waals surface area contributed by atoms with E-state index in [1.165, 1.54) is 17.4 Å². The number of sulfone groups is 1. The Bertz CT molecular complexity index is 831. The highest BCUT2D eigenvalue weighted by atomic mass is 32.2. The summed E-state index contributed by atoms with van der Waals surface area (Å²) in [6.45, 7) is 4.43. The molecule has 0 bridgehead atoms. The molecule has 1 N–H and O–H groups in total. The molecule has 0 radical (unpaired) electrons. The third-order valence-corrected chi connectivity index (χ3v) is 5.92. The summed E-state index contributed by atoms with van der Waals surface area (Å²) in [6.07, 6.45) is 2.33. The summed E-state index contributed by atoms with van der Waals surface area (Å²) in [5, 5.41) is 3.51. The standard InChI is InChI=1S/C21H27NO3S/c1-16(15-26(2,23)24)19-9-7-17(8-10-19)12-22-13-18-11-20-5-3-4-6-21(20)25-14-18/h3-10,16,18,22H,11-15H2,1-2H3/t16-,18?/m0/s1. The van der Waals surface area contributed by atoms with Crippen molar-refractivity contribution in [2.75, 3.05) is 25.2 Å². The van der Waals surface area contributed by atoms with Crippen molar-refractivity contribution in [1.29, 1.82) is 0 Å². The molecule has 1 unspecified atom stereocenters. The van der Waals surface area contributed by atoms with Gasteiger partial charge >= 0.3 is 0 Å². The summed E-state index contributed by atoms with van der Waals surface area (Å²) in [4.78, 5) is 0. The van der Waals surface area contributed by atoms with E-state index in [2.05, 4.69) is 29.6 Å². The van der Waals surface area contributed by atoms with Crippen LogP contribution >= 0.6 is 0 Å². The second-order valence-electron chi connectivity index (χ2n) is 7.35. The molecule has 0 aromatic heterocycles. The molecule has 140 valence electrons.